The van der Waals surface area contributed by atoms with Gasteiger partial charge >= 0.3 is 0 Å². The molecule has 0 radical (unpaired) electrons. The van der Waals surface area contributed by atoms with Crippen LogP contribution in [0, 0.1) is 6.92 Å². The zero-order valence-electron chi connectivity index (χ0n) is 24.9. The molecule has 3 aromatic rings. The van der Waals surface area contributed by atoms with Gasteiger partial charge in [0.1, 0.15) is 0 Å². The third-order valence-electron chi connectivity index (χ3n) is 9.88. The Bertz CT molecular complexity index is 1650. The molecule has 43 heavy (non-hydrogen) atoms. The summed E-state index contributed by atoms with van der Waals surface area (Å²) in [6.07, 6.45) is 3.91. The fourth-order valence-electron chi connectivity index (χ4n) is 7.47. The van der Waals surface area contributed by atoms with Crippen LogP contribution in [0.5, 0.6) is 11.5 Å². The standard InChI is InChI=1S/C34H39N3O5S/c1-23-5-3-4-6-29(23)34(38)35-15-13-26(14-16-35)36-17-18-37(24(2)21-36)31-11-7-25-19-27(8-10-30(25)31)43(39,40)28-9-12-32-33(20-28)42-22-41-32/h3-6,8-10,12,19-20,24,26,31H,7,11,13-18,21-22H2,1-2H3/t24-,31?/m1/s1. The van der Waals surface area contributed by atoms with Crippen LogP contribution in [0.2, 0.25) is 0 Å². The van der Waals surface area contributed by atoms with Crippen LogP contribution in [0.4, 0.5) is 0 Å². The Morgan fingerprint density at radius 2 is 1.60 bits per heavy atom. The second-order valence-corrected chi connectivity index (χ2v) is 14.3. The van der Waals surface area contributed by atoms with Gasteiger partial charge in [-0.05, 0) is 86.6 Å². The Morgan fingerprint density at radius 1 is 0.860 bits per heavy atom. The summed E-state index contributed by atoms with van der Waals surface area (Å²) in [6, 6.07) is 19.6. The molecule has 9 heteroatoms. The van der Waals surface area contributed by atoms with Gasteiger partial charge in [-0.15, -0.1) is 0 Å². The highest BCUT2D eigenvalue weighted by Crippen LogP contribution is 2.41. The molecule has 0 aromatic heterocycles. The zero-order valence-corrected chi connectivity index (χ0v) is 25.7. The van der Waals surface area contributed by atoms with Crippen molar-refractivity contribution in [2.45, 2.75) is 67.4 Å². The van der Waals surface area contributed by atoms with Crippen molar-refractivity contribution in [3.8, 4) is 11.5 Å². The number of sulfone groups is 1. The molecule has 0 saturated carbocycles. The predicted molar refractivity (Wildman–Crippen MR) is 163 cm³/mol. The number of amides is 1. The molecular weight excluding hydrogens is 562 g/mol. The highest BCUT2D eigenvalue weighted by atomic mass is 32.2. The summed E-state index contributed by atoms with van der Waals surface area (Å²) in [6.45, 7) is 9.07. The predicted octanol–water partition coefficient (Wildman–Crippen LogP) is 4.85. The molecule has 2 fully saturated rings. The Hall–Kier alpha value is -3.40. The first-order valence-corrected chi connectivity index (χ1v) is 16.9. The van der Waals surface area contributed by atoms with Crippen LogP contribution in [0.1, 0.15) is 59.3 Å². The number of piperazine rings is 1. The topological polar surface area (TPSA) is 79.4 Å². The van der Waals surface area contributed by atoms with Gasteiger partial charge in [0, 0.05) is 62.5 Å². The van der Waals surface area contributed by atoms with Crippen molar-refractivity contribution >= 4 is 15.7 Å². The zero-order chi connectivity index (χ0) is 29.7. The van der Waals surface area contributed by atoms with Gasteiger partial charge < -0.3 is 14.4 Å². The molecule has 1 amide bonds. The lowest BCUT2D eigenvalue weighted by Crippen LogP contribution is -2.57. The minimum absolute atomic E-state index is 0.112. The maximum atomic E-state index is 13.5. The van der Waals surface area contributed by atoms with Gasteiger partial charge in [0.15, 0.2) is 11.5 Å². The van der Waals surface area contributed by atoms with Crippen molar-refractivity contribution in [1.29, 1.82) is 0 Å². The number of ether oxygens (including phenoxy) is 2. The van der Waals surface area contributed by atoms with E-state index in [9.17, 15) is 13.2 Å². The third-order valence-corrected chi connectivity index (χ3v) is 11.6. The van der Waals surface area contributed by atoms with Crippen LogP contribution in [-0.4, -0.2) is 80.6 Å². The third kappa shape index (κ3) is 5.21. The summed E-state index contributed by atoms with van der Waals surface area (Å²) >= 11 is 0. The second-order valence-electron chi connectivity index (χ2n) is 12.4. The van der Waals surface area contributed by atoms with E-state index in [0.29, 0.717) is 34.5 Å². The van der Waals surface area contributed by atoms with Crippen molar-refractivity contribution in [2.75, 3.05) is 39.5 Å². The Morgan fingerprint density at radius 3 is 2.40 bits per heavy atom. The first-order chi connectivity index (χ1) is 20.8. The van der Waals surface area contributed by atoms with E-state index in [1.165, 1.54) is 5.56 Å². The van der Waals surface area contributed by atoms with E-state index in [1.807, 2.05) is 48.2 Å². The summed E-state index contributed by atoms with van der Waals surface area (Å²) in [5, 5.41) is 0. The molecule has 0 spiro atoms. The fourth-order valence-corrected chi connectivity index (χ4v) is 8.80. The average Bonchev–Trinajstić information content (AvgIpc) is 3.67. The number of rotatable bonds is 5. The molecule has 3 aromatic carbocycles. The number of carbonyl (C=O) groups excluding carboxylic acids is 1. The number of fused-ring (bicyclic) bond motifs is 2. The van der Waals surface area contributed by atoms with E-state index in [1.54, 1.807) is 24.3 Å². The van der Waals surface area contributed by atoms with E-state index < -0.39 is 9.84 Å². The highest BCUT2D eigenvalue weighted by Gasteiger charge is 2.37. The van der Waals surface area contributed by atoms with Crippen molar-refractivity contribution < 1.29 is 22.7 Å². The largest absolute Gasteiger partial charge is 0.454 e. The van der Waals surface area contributed by atoms with Crippen LogP contribution < -0.4 is 9.47 Å². The minimum Gasteiger partial charge on any atom is -0.454 e. The normalized spacial score (nSPS) is 23.0. The molecule has 226 valence electrons. The molecule has 2 atom stereocenters. The lowest BCUT2D eigenvalue weighted by atomic mass is 9.98. The number of piperidine rings is 1. The fraction of sp³-hybridized carbons (Fsp3) is 0.441. The summed E-state index contributed by atoms with van der Waals surface area (Å²) in [4.78, 5) is 20.9. The number of likely N-dealkylation sites (tertiary alicyclic amines) is 1. The maximum absolute atomic E-state index is 13.5. The number of benzene rings is 3. The van der Waals surface area contributed by atoms with Gasteiger partial charge in [0.05, 0.1) is 9.79 Å². The molecule has 1 unspecified atom stereocenters. The molecule has 3 aliphatic heterocycles. The minimum atomic E-state index is -3.66. The van der Waals surface area contributed by atoms with Crippen LogP contribution in [0.3, 0.4) is 0 Å². The second kappa shape index (κ2) is 11.3. The number of carbonyl (C=O) groups is 1. The van der Waals surface area contributed by atoms with E-state index >= 15 is 0 Å². The summed E-state index contributed by atoms with van der Waals surface area (Å²) < 4.78 is 37.7. The smallest absolute Gasteiger partial charge is 0.254 e. The van der Waals surface area contributed by atoms with Crippen LogP contribution >= 0.6 is 0 Å². The first-order valence-electron chi connectivity index (χ1n) is 15.4. The average molecular weight is 602 g/mol. The molecular formula is C34H39N3O5S. The van der Waals surface area contributed by atoms with Gasteiger partial charge in [0.2, 0.25) is 16.6 Å². The Kier molecular flexibility index (Phi) is 7.43. The number of hydrogen-bond acceptors (Lipinski definition) is 7. The lowest BCUT2D eigenvalue weighted by Gasteiger charge is -2.47. The van der Waals surface area contributed by atoms with E-state index in [0.717, 1.165) is 75.1 Å². The van der Waals surface area contributed by atoms with Crippen LogP contribution in [-0.2, 0) is 16.3 Å². The Balaban J connectivity index is 0.983. The van der Waals surface area contributed by atoms with Gasteiger partial charge in [0.25, 0.3) is 5.91 Å². The maximum Gasteiger partial charge on any atom is 0.254 e. The van der Waals surface area contributed by atoms with Gasteiger partial charge in [-0.2, -0.15) is 0 Å². The van der Waals surface area contributed by atoms with E-state index in [-0.39, 0.29) is 17.6 Å². The first kappa shape index (κ1) is 28.4. The lowest BCUT2D eigenvalue weighted by molar-refractivity contribution is 0.0104. The number of hydrogen-bond donors (Lipinski definition) is 0. The molecule has 1 aliphatic carbocycles. The van der Waals surface area contributed by atoms with Gasteiger partial charge in [-0.1, -0.05) is 24.3 Å². The molecule has 3 heterocycles. The van der Waals surface area contributed by atoms with Crippen molar-refractivity contribution in [3.05, 3.63) is 82.9 Å². The number of nitrogens with zero attached hydrogens (tertiary/aromatic N) is 3. The van der Waals surface area contributed by atoms with Crippen molar-refractivity contribution in [1.82, 2.24) is 14.7 Å². The molecule has 7 rings (SSSR count). The Labute approximate surface area is 254 Å². The molecule has 2 saturated heterocycles. The van der Waals surface area contributed by atoms with E-state index in [2.05, 4.69) is 16.7 Å². The van der Waals surface area contributed by atoms with E-state index in [4.69, 9.17) is 9.47 Å². The molecule has 8 nitrogen and oxygen atoms in total. The highest BCUT2D eigenvalue weighted by molar-refractivity contribution is 7.91. The SMILES string of the molecule is Cc1ccccc1C(=O)N1CCC(N2CCN(C3CCc4cc(S(=O)(=O)c5ccc6c(c5)OCO6)ccc43)[C@H](C)C2)CC1. The molecule has 0 bridgehead atoms. The summed E-state index contributed by atoms with van der Waals surface area (Å²) in [7, 11) is -3.66. The summed E-state index contributed by atoms with van der Waals surface area (Å²) in [5.41, 5.74) is 4.24. The van der Waals surface area contributed by atoms with Crippen molar-refractivity contribution in [3.63, 3.8) is 0 Å². The summed E-state index contributed by atoms with van der Waals surface area (Å²) in [5.74, 6) is 1.20. The van der Waals surface area contributed by atoms with Gasteiger partial charge in [-0.25, -0.2) is 8.42 Å². The van der Waals surface area contributed by atoms with Crippen molar-refractivity contribution in [2.24, 2.45) is 0 Å². The van der Waals surface area contributed by atoms with Crippen LogP contribution in [0.15, 0.2) is 70.5 Å². The number of aryl methyl sites for hydroxylation is 2. The van der Waals surface area contributed by atoms with Gasteiger partial charge in [-0.3, -0.25) is 14.6 Å². The van der Waals surface area contributed by atoms with Crippen LogP contribution in [0.25, 0.3) is 0 Å². The molecule has 0 N–H and O–H groups in total. The monoisotopic (exact) mass is 601 g/mol. The molecule has 4 aliphatic rings. The quantitative estimate of drug-likeness (QED) is 0.414.